The van der Waals surface area contributed by atoms with Crippen LogP contribution in [-0.4, -0.2) is 47.2 Å². The molecule has 0 bridgehead atoms. The molecule has 0 saturated heterocycles. The van der Waals surface area contributed by atoms with E-state index in [0.29, 0.717) is 11.4 Å². The zero-order valence-electron chi connectivity index (χ0n) is 12.5. The number of nitrogens with zero attached hydrogens (tertiary/aromatic N) is 2. The van der Waals surface area contributed by atoms with Crippen molar-refractivity contribution in [3.8, 4) is 0 Å². The Morgan fingerprint density at radius 3 is 2.62 bits per heavy atom. The van der Waals surface area contributed by atoms with Crippen molar-refractivity contribution in [3.05, 3.63) is 33.9 Å². The standard InChI is InChI=1S/C13H19N3O4S/c1-9(8-21(4)20)15(3)11-6-5-10(13(17)14-2)7-12(11)16(18)19/h5-7,9H,8H2,1-4H3,(H,14,17)/t9-,21+/m1/s1. The number of anilines is 1. The van der Waals surface area contributed by atoms with E-state index in [0.717, 1.165) is 0 Å². The number of nitrogens with one attached hydrogen (secondary N) is 1. The normalized spacial score (nSPS) is 13.3. The van der Waals surface area contributed by atoms with Crippen molar-refractivity contribution in [1.29, 1.82) is 0 Å². The maximum absolute atomic E-state index is 11.6. The molecule has 0 spiro atoms. The van der Waals surface area contributed by atoms with E-state index in [4.69, 9.17) is 0 Å². The fourth-order valence-corrected chi connectivity index (χ4v) is 2.85. The largest absolute Gasteiger partial charge is 0.365 e. The molecule has 7 nitrogen and oxygen atoms in total. The number of benzene rings is 1. The fourth-order valence-electron chi connectivity index (χ4n) is 1.94. The quantitative estimate of drug-likeness (QED) is 0.628. The van der Waals surface area contributed by atoms with Crippen LogP contribution in [0.4, 0.5) is 11.4 Å². The Hall–Kier alpha value is -1.96. The van der Waals surface area contributed by atoms with Crippen LogP contribution in [0.3, 0.4) is 0 Å². The molecule has 116 valence electrons. The molecule has 1 amide bonds. The summed E-state index contributed by atoms with van der Waals surface area (Å²) in [5.74, 6) is 0.0280. The van der Waals surface area contributed by atoms with E-state index in [2.05, 4.69) is 5.32 Å². The molecule has 0 heterocycles. The van der Waals surface area contributed by atoms with E-state index in [1.165, 1.54) is 25.2 Å². The molecule has 2 atom stereocenters. The maximum Gasteiger partial charge on any atom is 0.293 e. The van der Waals surface area contributed by atoms with Crippen LogP contribution in [0.2, 0.25) is 0 Å². The lowest BCUT2D eigenvalue weighted by Gasteiger charge is -2.26. The van der Waals surface area contributed by atoms with Crippen molar-refractivity contribution in [1.82, 2.24) is 5.32 Å². The lowest BCUT2D eigenvalue weighted by atomic mass is 10.1. The van der Waals surface area contributed by atoms with Crippen molar-refractivity contribution in [3.63, 3.8) is 0 Å². The van der Waals surface area contributed by atoms with Crippen LogP contribution in [-0.2, 0) is 10.8 Å². The average molecular weight is 313 g/mol. The molecule has 0 unspecified atom stereocenters. The summed E-state index contributed by atoms with van der Waals surface area (Å²) in [6.45, 7) is 1.85. The van der Waals surface area contributed by atoms with Crippen LogP contribution in [0.25, 0.3) is 0 Å². The van der Waals surface area contributed by atoms with Crippen LogP contribution < -0.4 is 10.2 Å². The predicted octanol–water partition coefficient (Wildman–Crippen LogP) is 1.16. The molecule has 0 aliphatic rings. The predicted molar refractivity (Wildman–Crippen MR) is 83.3 cm³/mol. The van der Waals surface area contributed by atoms with Gasteiger partial charge < -0.3 is 10.2 Å². The van der Waals surface area contributed by atoms with Gasteiger partial charge in [0.05, 0.1) is 4.92 Å². The van der Waals surface area contributed by atoms with Gasteiger partial charge in [0.2, 0.25) is 0 Å². The van der Waals surface area contributed by atoms with Crippen molar-refractivity contribution < 1.29 is 13.9 Å². The third-order valence-electron chi connectivity index (χ3n) is 3.18. The minimum Gasteiger partial charge on any atom is -0.365 e. The summed E-state index contributed by atoms with van der Waals surface area (Å²) in [6, 6.07) is 4.20. The first-order valence-electron chi connectivity index (χ1n) is 6.31. The van der Waals surface area contributed by atoms with Crippen LogP contribution in [0.15, 0.2) is 18.2 Å². The van der Waals surface area contributed by atoms with Gasteiger partial charge in [0, 0.05) is 54.6 Å². The van der Waals surface area contributed by atoms with E-state index in [9.17, 15) is 19.1 Å². The summed E-state index contributed by atoms with van der Waals surface area (Å²) in [5, 5.41) is 13.7. The van der Waals surface area contributed by atoms with E-state index in [-0.39, 0.29) is 23.2 Å². The Labute approximate surface area is 125 Å². The molecule has 1 aromatic rings. The molecule has 0 fully saturated rings. The first-order valence-corrected chi connectivity index (χ1v) is 8.04. The van der Waals surface area contributed by atoms with Crippen LogP contribution in [0.1, 0.15) is 17.3 Å². The number of nitro benzene ring substituents is 1. The second kappa shape index (κ2) is 7.16. The fraction of sp³-hybridized carbons (Fsp3) is 0.462. The number of amides is 1. The lowest BCUT2D eigenvalue weighted by molar-refractivity contribution is -0.384. The molecule has 1 rings (SSSR count). The van der Waals surface area contributed by atoms with Gasteiger partial charge in [-0.2, -0.15) is 0 Å². The smallest absolute Gasteiger partial charge is 0.293 e. The lowest BCUT2D eigenvalue weighted by Crippen LogP contribution is -2.33. The molecular weight excluding hydrogens is 294 g/mol. The van der Waals surface area contributed by atoms with Gasteiger partial charge in [-0.05, 0) is 19.1 Å². The molecule has 0 aromatic heterocycles. The van der Waals surface area contributed by atoms with Gasteiger partial charge in [-0.1, -0.05) is 0 Å². The Kier molecular flexibility index (Phi) is 5.83. The molecule has 1 aromatic carbocycles. The first kappa shape index (κ1) is 17.1. The SMILES string of the molecule is CNC(=O)c1ccc(N(C)[C@H](C)C[S@](C)=O)c([N+](=O)[O-])c1. The third-order valence-corrected chi connectivity index (χ3v) is 4.13. The number of carbonyl (C=O) groups is 1. The van der Waals surface area contributed by atoms with E-state index in [1.807, 2.05) is 6.92 Å². The van der Waals surface area contributed by atoms with Crippen molar-refractivity contribution in [2.45, 2.75) is 13.0 Å². The van der Waals surface area contributed by atoms with Gasteiger partial charge in [-0.25, -0.2) is 0 Å². The van der Waals surface area contributed by atoms with E-state index < -0.39 is 15.7 Å². The second-order valence-electron chi connectivity index (χ2n) is 4.74. The summed E-state index contributed by atoms with van der Waals surface area (Å²) in [5.41, 5.74) is 0.478. The summed E-state index contributed by atoms with van der Waals surface area (Å²) in [6.07, 6.45) is 1.59. The second-order valence-corrected chi connectivity index (χ2v) is 6.22. The van der Waals surface area contributed by atoms with E-state index >= 15 is 0 Å². The number of hydrogen-bond donors (Lipinski definition) is 1. The molecule has 0 aliphatic carbocycles. The van der Waals surface area contributed by atoms with Gasteiger partial charge in [-0.3, -0.25) is 19.1 Å². The first-order chi connectivity index (χ1) is 9.77. The number of hydrogen-bond acceptors (Lipinski definition) is 5. The van der Waals surface area contributed by atoms with Crippen molar-refractivity contribution >= 4 is 28.1 Å². The summed E-state index contributed by atoms with van der Waals surface area (Å²) >= 11 is 0. The Bertz CT molecular complexity index is 577. The minimum atomic E-state index is -0.996. The molecule has 21 heavy (non-hydrogen) atoms. The Balaban J connectivity index is 3.20. The molecular formula is C13H19N3O4S. The summed E-state index contributed by atoms with van der Waals surface area (Å²) in [4.78, 5) is 24.0. The molecule has 0 saturated carbocycles. The molecule has 0 radical (unpaired) electrons. The third kappa shape index (κ3) is 4.25. The highest BCUT2D eigenvalue weighted by Gasteiger charge is 2.22. The van der Waals surface area contributed by atoms with Gasteiger partial charge in [0.1, 0.15) is 5.69 Å². The number of rotatable bonds is 6. The van der Waals surface area contributed by atoms with Gasteiger partial charge in [0.25, 0.3) is 11.6 Å². The Morgan fingerprint density at radius 2 is 2.14 bits per heavy atom. The van der Waals surface area contributed by atoms with Crippen molar-refractivity contribution in [2.24, 2.45) is 0 Å². The maximum atomic E-state index is 11.6. The van der Waals surface area contributed by atoms with Gasteiger partial charge in [0.15, 0.2) is 0 Å². The monoisotopic (exact) mass is 313 g/mol. The van der Waals surface area contributed by atoms with Crippen LogP contribution >= 0.6 is 0 Å². The van der Waals surface area contributed by atoms with Crippen LogP contribution in [0.5, 0.6) is 0 Å². The number of carbonyl (C=O) groups excluding carboxylic acids is 1. The highest BCUT2D eigenvalue weighted by Crippen LogP contribution is 2.29. The molecule has 8 heteroatoms. The zero-order valence-corrected chi connectivity index (χ0v) is 13.3. The highest BCUT2D eigenvalue weighted by molar-refractivity contribution is 7.84. The summed E-state index contributed by atoms with van der Waals surface area (Å²) < 4.78 is 11.3. The topological polar surface area (TPSA) is 92.6 Å². The van der Waals surface area contributed by atoms with Gasteiger partial charge >= 0.3 is 0 Å². The van der Waals surface area contributed by atoms with Crippen LogP contribution in [0, 0.1) is 10.1 Å². The highest BCUT2D eigenvalue weighted by atomic mass is 32.2. The van der Waals surface area contributed by atoms with E-state index in [1.54, 1.807) is 18.2 Å². The van der Waals surface area contributed by atoms with Gasteiger partial charge in [-0.15, -0.1) is 0 Å². The average Bonchev–Trinajstić information content (AvgIpc) is 2.44. The molecule has 1 N–H and O–H groups in total. The Morgan fingerprint density at radius 1 is 1.52 bits per heavy atom. The minimum absolute atomic E-state index is 0.125. The molecule has 0 aliphatic heterocycles. The zero-order chi connectivity index (χ0) is 16.2. The van der Waals surface area contributed by atoms with Crippen molar-refractivity contribution in [2.75, 3.05) is 31.0 Å². The summed E-state index contributed by atoms with van der Waals surface area (Å²) in [7, 11) is 2.18. The number of nitro groups is 1.